The highest BCUT2D eigenvalue weighted by molar-refractivity contribution is 5.74. The van der Waals surface area contributed by atoms with Crippen LogP contribution in [0.4, 0.5) is 4.79 Å². The van der Waals surface area contributed by atoms with Crippen molar-refractivity contribution in [2.75, 3.05) is 20.1 Å². The fraction of sp³-hybridized carbons (Fsp3) is 0.900. The molecule has 1 aliphatic rings. The Kier molecular flexibility index (Phi) is 3.17. The van der Waals surface area contributed by atoms with E-state index in [2.05, 4.69) is 6.92 Å². The summed E-state index contributed by atoms with van der Waals surface area (Å²) in [6.45, 7) is 8.13. The summed E-state index contributed by atoms with van der Waals surface area (Å²) >= 11 is 0. The van der Waals surface area contributed by atoms with Crippen LogP contribution in [0.5, 0.6) is 0 Å². The molecule has 0 N–H and O–H groups in total. The zero-order valence-electron chi connectivity index (χ0n) is 9.08. The number of hydrogen-bond donors (Lipinski definition) is 0. The van der Waals surface area contributed by atoms with Crippen molar-refractivity contribution in [1.82, 2.24) is 9.80 Å². The summed E-state index contributed by atoms with van der Waals surface area (Å²) in [6.07, 6.45) is 1.15. The van der Waals surface area contributed by atoms with Crippen LogP contribution in [0.15, 0.2) is 0 Å². The highest BCUT2D eigenvalue weighted by atomic mass is 16.2. The molecule has 0 aromatic rings. The minimum absolute atomic E-state index is 0.180. The van der Waals surface area contributed by atoms with Gasteiger partial charge >= 0.3 is 6.03 Å². The van der Waals surface area contributed by atoms with Crippen molar-refractivity contribution in [3.8, 4) is 0 Å². The van der Waals surface area contributed by atoms with Gasteiger partial charge < -0.3 is 9.80 Å². The van der Waals surface area contributed by atoms with Gasteiger partial charge in [-0.15, -0.1) is 0 Å². The summed E-state index contributed by atoms with van der Waals surface area (Å²) < 4.78 is 0. The summed E-state index contributed by atoms with van der Waals surface area (Å²) in [6, 6.07) is 0.475. The van der Waals surface area contributed by atoms with Crippen molar-refractivity contribution in [3.05, 3.63) is 0 Å². The third-order valence-corrected chi connectivity index (χ3v) is 2.77. The largest absolute Gasteiger partial charge is 0.325 e. The summed E-state index contributed by atoms with van der Waals surface area (Å²) in [5.74, 6) is 0.671. The second kappa shape index (κ2) is 3.99. The first-order valence-corrected chi connectivity index (χ1v) is 5.04. The maximum absolute atomic E-state index is 11.8. The van der Waals surface area contributed by atoms with E-state index in [1.54, 1.807) is 4.90 Å². The number of nitrogens with zero attached hydrogens (tertiary/aromatic N) is 2. The molecule has 1 fully saturated rings. The smallest absolute Gasteiger partial charge is 0.319 e. The fourth-order valence-corrected chi connectivity index (χ4v) is 1.55. The molecule has 1 unspecified atom stereocenters. The van der Waals surface area contributed by atoms with Gasteiger partial charge in [0.1, 0.15) is 0 Å². The summed E-state index contributed by atoms with van der Waals surface area (Å²) in [5, 5.41) is 0. The van der Waals surface area contributed by atoms with Gasteiger partial charge in [0.2, 0.25) is 0 Å². The van der Waals surface area contributed by atoms with Gasteiger partial charge in [-0.25, -0.2) is 4.79 Å². The molecule has 76 valence electrons. The number of urea groups is 1. The quantitative estimate of drug-likeness (QED) is 0.609. The molecule has 1 saturated heterocycles. The van der Waals surface area contributed by atoms with Gasteiger partial charge in [0.05, 0.1) is 0 Å². The van der Waals surface area contributed by atoms with Crippen LogP contribution in [-0.2, 0) is 0 Å². The molecule has 0 aliphatic carbocycles. The number of hydrogen-bond acceptors (Lipinski definition) is 1. The van der Waals surface area contributed by atoms with Gasteiger partial charge in [0.15, 0.2) is 0 Å². The van der Waals surface area contributed by atoms with Crippen molar-refractivity contribution < 1.29 is 4.79 Å². The van der Waals surface area contributed by atoms with E-state index in [1.807, 2.05) is 25.8 Å². The second-order valence-corrected chi connectivity index (χ2v) is 4.33. The topological polar surface area (TPSA) is 23.6 Å². The van der Waals surface area contributed by atoms with Crippen molar-refractivity contribution in [2.24, 2.45) is 5.92 Å². The number of carbonyl (C=O) groups excluding carboxylic acids is 1. The summed E-state index contributed by atoms with van der Waals surface area (Å²) in [5.41, 5.74) is 0. The van der Waals surface area contributed by atoms with Crippen LogP contribution in [0.1, 0.15) is 27.2 Å². The molecule has 0 aromatic carbocycles. The van der Waals surface area contributed by atoms with Gasteiger partial charge in [-0.05, 0) is 26.2 Å². The van der Waals surface area contributed by atoms with E-state index in [0.29, 0.717) is 12.0 Å². The lowest BCUT2D eigenvalue weighted by atomic mass is 10.2. The van der Waals surface area contributed by atoms with Crippen LogP contribution in [0.25, 0.3) is 0 Å². The molecule has 1 aliphatic heterocycles. The third-order valence-electron chi connectivity index (χ3n) is 2.77. The van der Waals surface area contributed by atoms with E-state index in [1.165, 1.54) is 0 Å². The van der Waals surface area contributed by atoms with E-state index in [-0.39, 0.29) is 6.03 Å². The Labute approximate surface area is 80.7 Å². The molecule has 3 heteroatoms. The van der Waals surface area contributed by atoms with Crippen LogP contribution < -0.4 is 0 Å². The minimum atomic E-state index is 0.180. The first-order valence-electron chi connectivity index (χ1n) is 5.04. The zero-order chi connectivity index (χ0) is 10.0. The minimum Gasteiger partial charge on any atom is -0.325 e. The number of rotatable bonds is 1. The molecular weight excluding hydrogens is 164 g/mol. The van der Waals surface area contributed by atoms with E-state index in [4.69, 9.17) is 0 Å². The Morgan fingerprint density at radius 1 is 1.54 bits per heavy atom. The van der Waals surface area contributed by atoms with Crippen molar-refractivity contribution in [2.45, 2.75) is 33.2 Å². The van der Waals surface area contributed by atoms with Gasteiger partial charge in [-0.2, -0.15) is 0 Å². The van der Waals surface area contributed by atoms with Crippen LogP contribution in [0, 0.1) is 5.92 Å². The molecule has 1 rings (SSSR count). The highest BCUT2D eigenvalue weighted by Crippen LogP contribution is 2.16. The fourth-order valence-electron chi connectivity index (χ4n) is 1.55. The molecular formula is C10H20N2O. The maximum atomic E-state index is 11.8. The average molecular weight is 184 g/mol. The van der Waals surface area contributed by atoms with Crippen LogP contribution in [0.2, 0.25) is 0 Å². The predicted octanol–water partition coefficient (Wildman–Crippen LogP) is 1.79. The Bertz CT molecular complexity index is 191. The first kappa shape index (κ1) is 10.4. The highest BCUT2D eigenvalue weighted by Gasteiger charge is 2.26. The summed E-state index contributed by atoms with van der Waals surface area (Å²) in [4.78, 5) is 15.5. The van der Waals surface area contributed by atoms with Crippen LogP contribution in [-0.4, -0.2) is 42.0 Å². The number of likely N-dealkylation sites (tertiary alicyclic amines) is 1. The van der Waals surface area contributed by atoms with E-state index < -0.39 is 0 Å². The molecule has 3 nitrogen and oxygen atoms in total. The summed E-state index contributed by atoms with van der Waals surface area (Å²) in [7, 11) is 1.87. The monoisotopic (exact) mass is 184 g/mol. The average Bonchev–Trinajstić information content (AvgIpc) is 2.49. The van der Waals surface area contributed by atoms with Gasteiger partial charge in [0.25, 0.3) is 0 Å². The molecule has 0 spiro atoms. The molecule has 0 aromatic heterocycles. The van der Waals surface area contributed by atoms with E-state index in [9.17, 15) is 4.79 Å². The Morgan fingerprint density at radius 3 is 2.54 bits per heavy atom. The van der Waals surface area contributed by atoms with Crippen LogP contribution >= 0.6 is 0 Å². The van der Waals surface area contributed by atoms with E-state index in [0.717, 1.165) is 19.5 Å². The SMILES string of the molecule is CC1CCN(C(=O)N(C)C(C)C)C1. The number of carbonyl (C=O) groups is 1. The Hall–Kier alpha value is -0.730. The first-order chi connectivity index (χ1) is 6.02. The van der Waals surface area contributed by atoms with Gasteiger partial charge in [0, 0.05) is 26.2 Å². The zero-order valence-corrected chi connectivity index (χ0v) is 9.08. The van der Waals surface area contributed by atoms with Crippen molar-refractivity contribution in [1.29, 1.82) is 0 Å². The van der Waals surface area contributed by atoms with E-state index >= 15 is 0 Å². The Balaban J connectivity index is 2.48. The molecule has 0 bridgehead atoms. The lowest BCUT2D eigenvalue weighted by Gasteiger charge is -2.27. The van der Waals surface area contributed by atoms with Crippen molar-refractivity contribution in [3.63, 3.8) is 0 Å². The molecule has 2 amide bonds. The second-order valence-electron chi connectivity index (χ2n) is 4.33. The molecule has 1 atom stereocenters. The lowest BCUT2D eigenvalue weighted by molar-refractivity contribution is 0.161. The molecule has 0 radical (unpaired) electrons. The number of amides is 2. The standard InChI is InChI=1S/C10H20N2O/c1-8(2)11(4)10(13)12-6-5-9(3)7-12/h8-9H,5-7H2,1-4H3. The molecule has 0 saturated carbocycles. The normalized spacial score (nSPS) is 22.5. The third kappa shape index (κ3) is 2.36. The van der Waals surface area contributed by atoms with Crippen LogP contribution in [0.3, 0.4) is 0 Å². The molecule has 1 heterocycles. The maximum Gasteiger partial charge on any atom is 0.319 e. The van der Waals surface area contributed by atoms with Gasteiger partial charge in [-0.3, -0.25) is 0 Å². The molecule has 13 heavy (non-hydrogen) atoms. The predicted molar refractivity (Wildman–Crippen MR) is 53.6 cm³/mol. The Morgan fingerprint density at radius 2 is 2.15 bits per heavy atom. The lowest BCUT2D eigenvalue weighted by Crippen LogP contribution is -2.43. The van der Waals surface area contributed by atoms with Crippen molar-refractivity contribution >= 4 is 6.03 Å². The van der Waals surface area contributed by atoms with Gasteiger partial charge in [-0.1, -0.05) is 6.92 Å².